The number of hydrogen-bond acceptors (Lipinski definition) is 5. The van der Waals surface area contributed by atoms with Gasteiger partial charge in [-0.25, -0.2) is 9.97 Å². The Kier molecular flexibility index (Phi) is 12.0. The molecule has 0 saturated carbocycles. The Hall–Kier alpha value is -13.8. The van der Waals surface area contributed by atoms with Crippen LogP contribution in [0.1, 0.15) is 0 Å². The van der Waals surface area contributed by atoms with Crippen LogP contribution in [0.2, 0.25) is 0 Å². The Morgan fingerprint density at radius 1 is 0.176 bits per heavy atom. The zero-order chi connectivity index (χ0) is 66.7. The number of nitrogens with zero attached hydrogens (tertiary/aromatic N) is 5. The highest BCUT2D eigenvalue weighted by molar-refractivity contribution is 6.15. The molecule has 15 aromatic carbocycles. The minimum atomic E-state index is 0.621. The average Bonchev–Trinajstić information content (AvgIpc) is 1.61. The van der Waals surface area contributed by atoms with E-state index in [2.05, 4.69) is 311 Å². The lowest BCUT2D eigenvalue weighted by Crippen LogP contribution is -1.99. The van der Waals surface area contributed by atoms with Crippen LogP contribution in [0.5, 0.6) is 0 Å². The Labute approximate surface area is 582 Å². The van der Waals surface area contributed by atoms with Gasteiger partial charge in [-0.2, -0.15) is 0 Å². The van der Waals surface area contributed by atoms with E-state index in [1.165, 1.54) is 32.3 Å². The third-order valence-electron chi connectivity index (χ3n) is 21.1. The van der Waals surface area contributed by atoms with Crippen molar-refractivity contribution in [3.8, 4) is 84.3 Å². The van der Waals surface area contributed by atoms with E-state index < -0.39 is 0 Å². The molecule has 0 aliphatic rings. The quantitative estimate of drug-likeness (QED) is 0.144. The minimum absolute atomic E-state index is 0.621. The first-order chi connectivity index (χ1) is 50.5. The second-order valence-electron chi connectivity index (χ2n) is 26.8. The Balaban J connectivity index is 0.672. The number of fused-ring (bicyclic) bond motifs is 18. The van der Waals surface area contributed by atoms with Gasteiger partial charge in [0.15, 0.2) is 5.82 Å². The maximum absolute atomic E-state index is 6.25. The highest BCUT2D eigenvalue weighted by Gasteiger charge is 2.22. The highest BCUT2D eigenvalue weighted by atomic mass is 16.3. The van der Waals surface area contributed by atoms with Gasteiger partial charge in [-0.3, -0.25) is 0 Å². The van der Waals surface area contributed by atoms with Gasteiger partial charge in [0.2, 0.25) is 0 Å². The largest absolute Gasteiger partial charge is 0.456 e. The van der Waals surface area contributed by atoms with Gasteiger partial charge in [0.1, 0.15) is 33.5 Å². The second-order valence-corrected chi connectivity index (χ2v) is 26.8. The molecule has 0 radical (unpaired) electrons. The maximum atomic E-state index is 6.25. The zero-order valence-electron chi connectivity index (χ0n) is 54.7. The molecule has 0 aliphatic heterocycles. The molecule has 7 aromatic heterocycles. The summed E-state index contributed by atoms with van der Waals surface area (Å²) in [5.41, 5.74) is 26.5. The monoisotopic (exact) mass is 1300 g/mol. The summed E-state index contributed by atoms with van der Waals surface area (Å²) in [6.07, 6.45) is 0. The molecule has 0 fully saturated rings. The first kappa shape index (κ1) is 56.2. The van der Waals surface area contributed by atoms with Gasteiger partial charge in [-0.1, -0.05) is 170 Å². The molecule has 0 amide bonds. The number of hydrogen-bond donors (Lipinski definition) is 0. The molecule has 22 rings (SSSR count). The first-order valence-electron chi connectivity index (χ1n) is 34.6. The van der Waals surface area contributed by atoms with Gasteiger partial charge in [0.05, 0.1) is 44.5 Å². The summed E-state index contributed by atoms with van der Waals surface area (Å²) >= 11 is 0. The van der Waals surface area contributed by atoms with Crippen LogP contribution in [0.3, 0.4) is 0 Å². The molecule has 0 N–H and O–H groups in total. The predicted octanol–water partition coefficient (Wildman–Crippen LogP) is 25.5. The smallest absolute Gasteiger partial charge is 0.160 e. The van der Waals surface area contributed by atoms with Crippen molar-refractivity contribution in [2.75, 3.05) is 0 Å². The van der Waals surface area contributed by atoms with E-state index >= 15 is 0 Å². The number of para-hydroxylation sites is 6. The third-order valence-corrected chi connectivity index (χ3v) is 21.1. The number of furan rings is 3. The summed E-state index contributed by atoms with van der Waals surface area (Å²) in [7, 11) is 0. The van der Waals surface area contributed by atoms with Gasteiger partial charge in [0, 0.05) is 98.4 Å². The van der Waals surface area contributed by atoms with Gasteiger partial charge in [0.25, 0.3) is 0 Å². The standard InChI is InChI=1S/C94H55N5O3/c1-7-25-82-68(19-1)74-49-57(60-36-44-91-77(52-60)71-22-4-10-28-88(71)100-91)33-41-85(74)97(82)65-39-31-56(32-40-65)94-95-80(63-15-13-17-66(47-63)98-83-26-8-2-20-69(83)75-50-58(34-42-86(75)98)61-37-45-92-78(53-61)72-23-5-11-29-89(72)101-92)55-81(96-94)64-16-14-18-67(48-64)99-84-27-9-3-21-70(84)76-51-59(35-43-87(76)99)62-38-46-93-79(54-62)73-24-6-12-30-90(73)102-93/h1-55H. The van der Waals surface area contributed by atoms with Gasteiger partial charge >= 0.3 is 0 Å². The third kappa shape index (κ3) is 8.69. The van der Waals surface area contributed by atoms with E-state index in [4.69, 9.17) is 23.2 Å². The molecule has 0 bridgehead atoms. The molecule has 0 spiro atoms. The van der Waals surface area contributed by atoms with Crippen molar-refractivity contribution >= 4 is 131 Å². The Bertz CT molecular complexity index is 6980. The van der Waals surface area contributed by atoms with Crippen molar-refractivity contribution in [3.63, 3.8) is 0 Å². The lowest BCUT2D eigenvalue weighted by molar-refractivity contribution is 0.668. The van der Waals surface area contributed by atoms with Crippen LogP contribution in [0.15, 0.2) is 347 Å². The van der Waals surface area contributed by atoms with Gasteiger partial charge in [-0.15, -0.1) is 0 Å². The molecule has 22 aromatic rings. The van der Waals surface area contributed by atoms with E-state index in [9.17, 15) is 0 Å². The summed E-state index contributed by atoms with van der Waals surface area (Å²) in [4.78, 5) is 11.1. The van der Waals surface area contributed by atoms with E-state index in [0.29, 0.717) is 5.82 Å². The van der Waals surface area contributed by atoms with Crippen molar-refractivity contribution < 1.29 is 13.3 Å². The summed E-state index contributed by atoms with van der Waals surface area (Å²) < 4.78 is 25.9. The molecule has 474 valence electrons. The second kappa shape index (κ2) is 21.8. The van der Waals surface area contributed by atoms with E-state index in [1.54, 1.807) is 0 Å². The molecule has 0 atom stereocenters. The summed E-state index contributed by atoms with van der Waals surface area (Å²) in [6, 6.07) is 120. The van der Waals surface area contributed by atoms with Crippen molar-refractivity contribution in [2.24, 2.45) is 0 Å². The average molecular weight is 1300 g/mol. The van der Waals surface area contributed by atoms with Gasteiger partial charge in [-0.05, 0) is 197 Å². The van der Waals surface area contributed by atoms with E-state index in [0.717, 1.165) is 177 Å². The number of rotatable bonds is 9. The molecule has 0 saturated heterocycles. The summed E-state index contributed by atoms with van der Waals surface area (Å²) in [5.74, 6) is 0.621. The van der Waals surface area contributed by atoms with Crippen LogP contribution in [-0.4, -0.2) is 23.7 Å². The molecule has 0 unspecified atom stereocenters. The lowest BCUT2D eigenvalue weighted by atomic mass is 10.0. The predicted molar refractivity (Wildman–Crippen MR) is 419 cm³/mol. The lowest BCUT2D eigenvalue weighted by Gasteiger charge is -2.14. The zero-order valence-corrected chi connectivity index (χ0v) is 54.7. The fourth-order valence-corrected chi connectivity index (χ4v) is 16.2. The van der Waals surface area contributed by atoms with Crippen LogP contribution in [-0.2, 0) is 0 Å². The van der Waals surface area contributed by atoms with Crippen molar-refractivity contribution in [1.29, 1.82) is 0 Å². The highest BCUT2D eigenvalue weighted by Crippen LogP contribution is 2.43. The van der Waals surface area contributed by atoms with Gasteiger partial charge < -0.3 is 27.0 Å². The molecule has 102 heavy (non-hydrogen) atoms. The topological polar surface area (TPSA) is 80.0 Å². The van der Waals surface area contributed by atoms with Crippen LogP contribution in [0, 0.1) is 0 Å². The molecular weight excluding hydrogens is 1250 g/mol. The normalized spacial score (nSPS) is 12.1. The number of aromatic nitrogens is 5. The molecule has 8 nitrogen and oxygen atoms in total. The molecule has 7 heterocycles. The fraction of sp³-hybridized carbons (Fsp3) is 0. The molecular formula is C94H55N5O3. The number of benzene rings is 15. The Morgan fingerprint density at radius 3 is 0.853 bits per heavy atom. The van der Waals surface area contributed by atoms with Crippen LogP contribution in [0.4, 0.5) is 0 Å². The fourth-order valence-electron chi connectivity index (χ4n) is 16.2. The molecule has 0 aliphatic carbocycles. The van der Waals surface area contributed by atoms with Crippen molar-refractivity contribution in [3.05, 3.63) is 334 Å². The van der Waals surface area contributed by atoms with Crippen LogP contribution >= 0.6 is 0 Å². The van der Waals surface area contributed by atoms with Crippen LogP contribution < -0.4 is 0 Å². The Morgan fingerprint density at radius 2 is 0.471 bits per heavy atom. The van der Waals surface area contributed by atoms with Crippen LogP contribution in [0.25, 0.3) is 216 Å². The minimum Gasteiger partial charge on any atom is -0.456 e. The van der Waals surface area contributed by atoms with E-state index in [1.807, 2.05) is 36.4 Å². The molecule has 8 heteroatoms. The maximum Gasteiger partial charge on any atom is 0.160 e. The summed E-state index contributed by atoms with van der Waals surface area (Å²) in [5, 5.41) is 13.8. The summed E-state index contributed by atoms with van der Waals surface area (Å²) in [6.45, 7) is 0. The van der Waals surface area contributed by atoms with Crippen molar-refractivity contribution in [2.45, 2.75) is 0 Å². The SMILES string of the molecule is c1cc(-c2cc(-c3cccc(-n4c5ccccc5c5cc(-c6ccc7oc8ccccc8c7c6)ccc54)c3)nc(-c3ccc(-n4c5ccccc5c5cc(-c6ccc7oc8ccccc8c7c6)ccc54)cc3)n2)cc(-n2c3ccccc3c3cc(-c4ccc5oc6ccccc6c5c4)ccc32)c1. The van der Waals surface area contributed by atoms with E-state index in [-0.39, 0.29) is 0 Å². The van der Waals surface area contributed by atoms with Crippen molar-refractivity contribution in [1.82, 2.24) is 23.7 Å². The first-order valence-corrected chi connectivity index (χ1v) is 34.6.